The van der Waals surface area contributed by atoms with Crippen LogP contribution in [0.4, 0.5) is 0 Å². The molecule has 0 fully saturated rings. The summed E-state index contributed by atoms with van der Waals surface area (Å²) in [5.74, 6) is 0.907. The maximum Gasteiger partial charge on any atom is 0.0853 e. The van der Waals surface area contributed by atoms with E-state index in [4.69, 9.17) is 0 Å². The standard InChI is InChI=1S/C7H14BrO/c1-6(2)7(5-9)3-4-8/h6-7H,3-5H2,1-2H3/t7-/m0/s1. The third kappa shape index (κ3) is 3.93. The molecular weight excluding hydrogens is 180 g/mol. The molecule has 0 heterocycles. The van der Waals surface area contributed by atoms with Crippen molar-refractivity contribution in [3.05, 3.63) is 0 Å². The minimum Gasteiger partial charge on any atom is -0.236 e. The fraction of sp³-hybridized carbons (Fsp3) is 1.00. The van der Waals surface area contributed by atoms with Gasteiger partial charge >= 0.3 is 0 Å². The summed E-state index contributed by atoms with van der Waals surface area (Å²) in [7, 11) is 0. The molecule has 0 spiro atoms. The first-order valence-electron chi connectivity index (χ1n) is 3.36. The van der Waals surface area contributed by atoms with E-state index in [1.165, 1.54) is 0 Å². The summed E-state index contributed by atoms with van der Waals surface area (Å²) in [6.07, 6.45) is 1.02. The third-order valence-corrected chi connectivity index (χ3v) is 2.09. The molecule has 1 atom stereocenters. The Balaban J connectivity index is 3.41. The molecule has 1 radical (unpaired) electrons. The topological polar surface area (TPSA) is 19.9 Å². The predicted octanol–water partition coefficient (Wildman–Crippen LogP) is 2.47. The molecule has 0 aliphatic heterocycles. The summed E-state index contributed by atoms with van der Waals surface area (Å²) in [4.78, 5) is 0. The van der Waals surface area contributed by atoms with Crippen molar-refractivity contribution < 1.29 is 5.11 Å². The van der Waals surface area contributed by atoms with Gasteiger partial charge in [-0.25, -0.2) is 5.11 Å². The Morgan fingerprint density at radius 2 is 2.00 bits per heavy atom. The first kappa shape index (κ1) is 9.44. The van der Waals surface area contributed by atoms with E-state index in [9.17, 15) is 5.11 Å². The normalized spacial score (nSPS) is 14.3. The van der Waals surface area contributed by atoms with Gasteiger partial charge in [-0.3, -0.25) is 0 Å². The number of hydrogen-bond acceptors (Lipinski definition) is 0. The van der Waals surface area contributed by atoms with Crippen LogP contribution in [0, 0.1) is 11.8 Å². The second-order valence-corrected chi connectivity index (χ2v) is 3.44. The summed E-state index contributed by atoms with van der Waals surface area (Å²) in [5, 5.41) is 11.4. The fourth-order valence-electron chi connectivity index (χ4n) is 0.749. The summed E-state index contributed by atoms with van der Waals surface area (Å²) in [6.45, 7) is 4.28. The van der Waals surface area contributed by atoms with Gasteiger partial charge in [0.15, 0.2) is 0 Å². The van der Waals surface area contributed by atoms with Crippen molar-refractivity contribution in [3.8, 4) is 0 Å². The zero-order valence-electron chi connectivity index (χ0n) is 6.06. The first-order chi connectivity index (χ1) is 4.22. The van der Waals surface area contributed by atoms with Crippen LogP contribution in [-0.4, -0.2) is 11.9 Å². The van der Waals surface area contributed by atoms with Crippen molar-refractivity contribution in [1.82, 2.24) is 0 Å². The highest BCUT2D eigenvalue weighted by atomic mass is 79.9. The molecule has 55 valence electrons. The van der Waals surface area contributed by atoms with Crippen LogP contribution in [0.5, 0.6) is 0 Å². The lowest BCUT2D eigenvalue weighted by atomic mass is 9.94. The highest BCUT2D eigenvalue weighted by molar-refractivity contribution is 9.09. The fourth-order valence-corrected chi connectivity index (χ4v) is 1.34. The van der Waals surface area contributed by atoms with Gasteiger partial charge in [-0.05, 0) is 18.3 Å². The number of hydrogen-bond donors (Lipinski definition) is 0. The van der Waals surface area contributed by atoms with Crippen LogP contribution in [0.2, 0.25) is 0 Å². The van der Waals surface area contributed by atoms with E-state index in [1.54, 1.807) is 0 Å². The van der Waals surface area contributed by atoms with Gasteiger partial charge < -0.3 is 0 Å². The SMILES string of the molecule is CC(C)[C@H](C[O])CCBr. The molecule has 2 heteroatoms. The van der Waals surface area contributed by atoms with Gasteiger partial charge in [-0.2, -0.15) is 0 Å². The Morgan fingerprint density at radius 3 is 2.11 bits per heavy atom. The summed E-state index contributed by atoms with van der Waals surface area (Å²) < 4.78 is 0. The van der Waals surface area contributed by atoms with Gasteiger partial charge in [-0.15, -0.1) is 0 Å². The first-order valence-corrected chi connectivity index (χ1v) is 4.48. The van der Waals surface area contributed by atoms with E-state index in [0.717, 1.165) is 11.8 Å². The molecule has 0 N–H and O–H groups in total. The highest BCUT2D eigenvalue weighted by Crippen LogP contribution is 2.14. The molecule has 0 amide bonds. The molecule has 0 saturated heterocycles. The van der Waals surface area contributed by atoms with Gasteiger partial charge in [0, 0.05) is 5.33 Å². The minimum absolute atomic E-state index is 0.0727. The molecular formula is C7H14BrO. The molecule has 0 aromatic rings. The van der Waals surface area contributed by atoms with Gasteiger partial charge in [0.2, 0.25) is 0 Å². The maximum atomic E-state index is 10.4. The Hall–Kier alpha value is 0.440. The Morgan fingerprint density at radius 1 is 1.44 bits per heavy atom. The summed E-state index contributed by atoms with van der Waals surface area (Å²) in [6, 6.07) is 0. The van der Waals surface area contributed by atoms with Crippen LogP contribution >= 0.6 is 15.9 Å². The van der Waals surface area contributed by atoms with E-state index in [1.807, 2.05) is 0 Å². The Kier molecular flexibility index (Phi) is 5.50. The second kappa shape index (κ2) is 5.24. The van der Waals surface area contributed by atoms with Crippen molar-refractivity contribution >= 4 is 15.9 Å². The van der Waals surface area contributed by atoms with Crippen LogP contribution in [-0.2, 0) is 5.11 Å². The van der Waals surface area contributed by atoms with Crippen molar-refractivity contribution in [3.63, 3.8) is 0 Å². The number of alkyl halides is 1. The van der Waals surface area contributed by atoms with Crippen molar-refractivity contribution in [2.24, 2.45) is 11.8 Å². The van der Waals surface area contributed by atoms with Crippen LogP contribution < -0.4 is 0 Å². The lowest BCUT2D eigenvalue weighted by Gasteiger charge is -2.14. The Bertz CT molecular complexity index is 63.9. The lowest BCUT2D eigenvalue weighted by molar-refractivity contribution is 0.118. The largest absolute Gasteiger partial charge is 0.236 e. The molecule has 0 rings (SSSR count). The lowest BCUT2D eigenvalue weighted by Crippen LogP contribution is -2.12. The minimum atomic E-state index is 0.0727. The molecule has 0 aromatic carbocycles. The molecule has 0 bridgehead atoms. The molecule has 0 aromatic heterocycles. The van der Waals surface area contributed by atoms with Crippen molar-refractivity contribution in [1.29, 1.82) is 0 Å². The van der Waals surface area contributed by atoms with E-state index in [0.29, 0.717) is 11.8 Å². The average molecular weight is 194 g/mol. The van der Waals surface area contributed by atoms with E-state index < -0.39 is 0 Å². The van der Waals surface area contributed by atoms with E-state index >= 15 is 0 Å². The molecule has 9 heavy (non-hydrogen) atoms. The number of halogens is 1. The smallest absolute Gasteiger partial charge is 0.0853 e. The van der Waals surface area contributed by atoms with Crippen molar-refractivity contribution in [2.75, 3.05) is 11.9 Å². The number of rotatable bonds is 4. The molecule has 0 saturated carbocycles. The zero-order valence-corrected chi connectivity index (χ0v) is 7.65. The quantitative estimate of drug-likeness (QED) is 0.612. The Labute approximate surface area is 65.6 Å². The van der Waals surface area contributed by atoms with Crippen LogP contribution in [0.1, 0.15) is 20.3 Å². The van der Waals surface area contributed by atoms with Crippen LogP contribution in [0.3, 0.4) is 0 Å². The summed E-state index contributed by atoms with van der Waals surface area (Å²) in [5.41, 5.74) is 0. The van der Waals surface area contributed by atoms with E-state index in [2.05, 4.69) is 29.8 Å². The monoisotopic (exact) mass is 193 g/mol. The average Bonchev–Trinajstić information content (AvgIpc) is 1.82. The van der Waals surface area contributed by atoms with Crippen LogP contribution in [0.15, 0.2) is 0 Å². The van der Waals surface area contributed by atoms with Crippen LogP contribution in [0.25, 0.3) is 0 Å². The van der Waals surface area contributed by atoms with Gasteiger partial charge in [0.25, 0.3) is 0 Å². The summed E-state index contributed by atoms with van der Waals surface area (Å²) >= 11 is 3.32. The predicted molar refractivity (Wildman–Crippen MR) is 42.3 cm³/mol. The van der Waals surface area contributed by atoms with Crippen molar-refractivity contribution in [2.45, 2.75) is 20.3 Å². The van der Waals surface area contributed by atoms with Gasteiger partial charge in [0.05, 0.1) is 6.61 Å². The molecule has 0 aliphatic carbocycles. The molecule has 1 nitrogen and oxygen atoms in total. The van der Waals surface area contributed by atoms with E-state index in [-0.39, 0.29) is 6.61 Å². The zero-order chi connectivity index (χ0) is 7.28. The molecule has 0 unspecified atom stereocenters. The molecule has 0 aliphatic rings. The third-order valence-electron chi connectivity index (χ3n) is 1.64. The maximum absolute atomic E-state index is 10.4. The van der Waals surface area contributed by atoms with Gasteiger partial charge in [-0.1, -0.05) is 29.8 Å². The highest BCUT2D eigenvalue weighted by Gasteiger charge is 2.10. The van der Waals surface area contributed by atoms with Gasteiger partial charge in [0.1, 0.15) is 0 Å². The second-order valence-electron chi connectivity index (χ2n) is 2.65.